The molecule has 0 bridgehead atoms. The average Bonchev–Trinajstić information content (AvgIpc) is 2.82. The molecule has 3 aromatic carbocycles. The molecule has 0 fully saturated rings. The van der Waals surface area contributed by atoms with Gasteiger partial charge in [-0.2, -0.15) is 0 Å². The minimum atomic E-state index is -4.09. The second-order valence-corrected chi connectivity index (χ2v) is 8.95. The molecule has 0 aromatic heterocycles. The van der Waals surface area contributed by atoms with Gasteiger partial charge in [0.2, 0.25) is 11.8 Å². The Bertz CT molecular complexity index is 1280. The Labute approximate surface area is 194 Å². The van der Waals surface area contributed by atoms with Crippen molar-refractivity contribution in [2.24, 2.45) is 5.92 Å². The molecule has 0 saturated heterocycles. The maximum absolute atomic E-state index is 13.4. The lowest BCUT2D eigenvalue weighted by atomic mass is 10.0. The molecule has 3 rings (SSSR count). The van der Waals surface area contributed by atoms with Gasteiger partial charge in [0, 0.05) is 11.9 Å². The largest absolute Gasteiger partial charge is 0.311 e. The molecule has 170 valence electrons. The zero-order valence-corrected chi connectivity index (χ0v) is 19.2. The number of hydrogen-bond donors (Lipinski definition) is 1. The number of carbonyl (C=O) groups is 2. The van der Waals surface area contributed by atoms with Gasteiger partial charge in [-0.05, 0) is 36.4 Å². The SMILES string of the molecule is C=CCC(C(=O)NS(=O)(=O)C=Cc1ccccc1)C(=O)N(CC)c1cccc2ccccc12. The third-order valence-corrected chi connectivity index (χ3v) is 6.12. The van der Waals surface area contributed by atoms with Gasteiger partial charge in [-0.25, -0.2) is 13.1 Å². The summed E-state index contributed by atoms with van der Waals surface area (Å²) in [4.78, 5) is 27.8. The molecule has 33 heavy (non-hydrogen) atoms. The fourth-order valence-corrected chi connectivity index (χ4v) is 4.37. The summed E-state index contributed by atoms with van der Waals surface area (Å²) in [5.41, 5.74) is 1.33. The average molecular weight is 463 g/mol. The predicted molar refractivity (Wildman–Crippen MR) is 133 cm³/mol. The molecule has 1 N–H and O–H groups in total. The summed E-state index contributed by atoms with van der Waals surface area (Å²) in [6, 6.07) is 22.1. The quantitative estimate of drug-likeness (QED) is 0.375. The van der Waals surface area contributed by atoms with E-state index in [1.54, 1.807) is 24.3 Å². The van der Waals surface area contributed by atoms with Crippen LogP contribution in [0.1, 0.15) is 18.9 Å². The van der Waals surface area contributed by atoms with Gasteiger partial charge in [0.05, 0.1) is 11.1 Å². The maximum atomic E-state index is 13.4. The standard InChI is InChI=1S/C26H26N2O4S/c1-3-11-23(25(29)27-33(31,32)19-18-20-12-6-5-7-13-20)26(30)28(4-2)24-17-10-15-21-14-8-9-16-22(21)24/h3,5-10,12-19,23H,1,4,11H2,2H3,(H,27,29). The lowest BCUT2D eigenvalue weighted by Crippen LogP contribution is -2.45. The first kappa shape index (κ1) is 23.9. The highest BCUT2D eigenvalue weighted by Crippen LogP contribution is 2.28. The number of fused-ring (bicyclic) bond motifs is 1. The van der Waals surface area contributed by atoms with Crippen molar-refractivity contribution >= 4 is 44.4 Å². The van der Waals surface area contributed by atoms with Crippen molar-refractivity contribution in [2.45, 2.75) is 13.3 Å². The van der Waals surface area contributed by atoms with Crippen LogP contribution in [-0.2, 0) is 19.6 Å². The molecule has 6 nitrogen and oxygen atoms in total. The van der Waals surface area contributed by atoms with Gasteiger partial charge in [-0.1, -0.05) is 72.8 Å². The number of rotatable bonds is 9. The molecule has 0 aliphatic rings. The van der Waals surface area contributed by atoms with Gasteiger partial charge < -0.3 is 4.90 Å². The number of anilines is 1. The Morgan fingerprint density at radius 3 is 2.36 bits per heavy atom. The van der Waals surface area contributed by atoms with Gasteiger partial charge in [0.25, 0.3) is 10.0 Å². The molecular formula is C26H26N2O4S. The van der Waals surface area contributed by atoms with E-state index in [2.05, 4.69) is 6.58 Å². The van der Waals surface area contributed by atoms with Crippen LogP contribution in [0.3, 0.4) is 0 Å². The Kier molecular flexibility index (Phi) is 7.79. The van der Waals surface area contributed by atoms with Crippen LogP contribution in [0.2, 0.25) is 0 Å². The second kappa shape index (κ2) is 10.7. The smallest absolute Gasteiger partial charge is 0.257 e. The monoisotopic (exact) mass is 462 g/mol. The van der Waals surface area contributed by atoms with E-state index in [0.29, 0.717) is 17.8 Å². The topological polar surface area (TPSA) is 83.5 Å². The Balaban J connectivity index is 1.85. The molecule has 0 heterocycles. The lowest BCUT2D eigenvalue weighted by molar-refractivity contribution is -0.132. The van der Waals surface area contributed by atoms with Crippen LogP contribution in [0.25, 0.3) is 16.8 Å². The Morgan fingerprint density at radius 1 is 1.00 bits per heavy atom. The number of benzene rings is 3. The summed E-state index contributed by atoms with van der Waals surface area (Å²) in [6.45, 7) is 5.75. The summed E-state index contributed by atoms with van der Waals surface area (Å²) in [6.07, 6.45) is 2.82. The summed E-state index contributed by atoms with van der Waals surface area (Å²) in [7, 11) is -4.09. The molecule has 2 amide bonds. The van der Waals surface area contributed by atoms with Crippen molar-refractivity contribution in [3.05, 3.63) is 96.4 Å². The molecule has 1 atom stereocenters. The first-order valence-corrected chi connectivity index (χ1v) is 12.1. The highest BCUT2D eigenvalue weighted by Gasteiger charge is 2.32. The zero-order valence-electron chi connectivity index (χ0n) is 18.3. The summed E-state index contributed by atoms with van der Waals surface area (Å²) < 4.78 is 26.9. The molecule has 0 spiro atoms. The van der Waals surface area contributed by atoms with E-state index in [9.17, 15) is 18.0 Å². The summed E-state index contributed by atoms with van der Waals surface area (Å²) in [5, 5.41) is 2.74. The van der Waals surface area contributed by atoms with Gasteiger partial charge in [-0.3, -0.25) is 9.59 Å². The molecule has 0 radical (unpaired) electrons. The van der Waals surface area contributed by atoms with E-state index in [-0.39, 0.29) is 6.42 Å². The van der Waals surface area contributed by atoms with Crippen molar-refractivity contribution < 1.29 is 18.0 Å². The third-order valence-electron chi connectivity index (χ3n) is 5.14. The fraction of sp³-hybridized carbons (Fsp3) is 0.154. The highest BCUT2D eigenvalue weighted by molar-refractivity contribution is 7.93. The van der Waals surface area contributed by atoms with Crippen LogP contribution in [-0.4, -0.2) is 26.8 Å². The number of carbonyl (C=O) groups excluding carboxylic acids is 2. The number of amides is 2. The van der Waals surface area contributed by atoms with E-state index in [1.807, 2.05) is 60.2 Å². The van der Waals surface area contributed by atoms with E-state index in [4.69, 9.17) is 0 Å². The number of hydrogen-bond acceptors (Lipinski definition) is 4. The van der Waals surface area contributed by atoms with Crippen LogP contribution in [0, 0.1) is 5.92 Å². The van der Waals surface area contributed by atoms with Gasteiger partial charge in [0.1, 0.15) is 5.92 Å². The van der Waals surface area contributed by atoms with Crippen molar-refractivity contribution in [1.82, 2.24) is 4.72 Å². The van der Waals surface area contributed by atoms with Crippen molar-refractivity contribution in [1.29, 1.82) is 0 Å². The Hall–Kier alpha value is -3.71. The van der Waals surface area contributed by atoms with Crippen LogP contribution in [0.4, 0.5) is 5.69 Å². The minimum Gasteiger partial charge on any atom is -0.311 e. The van der Waals surface area contributed by atoms with E-state index >= 15 is 0 Å². The summed E-state index contributed by atoms with van der Waals surface area (Å²) in [5.74, 6) is -2.62. The van der Waals surface area contributed by atoms with Crippen molar-refractivity contribution in [3.8, 4) is 0 Å². The van der Waals surface area contributed by atoms with Crippen molar-refractivity contribution in [3.63, 3.8) is 0 Å². The molecule has 1 unspecified atom stereocenters. The molecule has 0 saturated carbocycles. The zero-order chi connectivity index (χ0) is 23.8. The molecule has 3 aromatic rings. The fourth-order valence-electron chi connectivity index (χ4n) is 3.54. The Morgan fingerprint density at radius 2 is 1.67 bits per heavy atom. The van der Waals surface area contributed by atoms with E-state index in [1.165, 1.54) is 17.1 Å². The highest BCUT2D eigenvalue weighted by atomic mass is 32.2. The first-order chi connectivity index (χ1) is 15.9. The van der Waals surface area contributed by atoms with Crippen molar-refractivity contribution in [2.75, 3.05) is 11.4 Å². The number of allylic oxidation sites excluding steroid dienone is 1. The number of nitrogens with one attached hydrogen (secondary N) is 1. The van der Waals surface area contributed by atoms with Gasteiger partial charge >= 0.3 is 0 Å². The third kappa shape index (κ3) is 5.96. The number of sulfonamides is 1. The van der Waals surface area contributed by atoms with E-state index < -0.39 is 27.8 Å². The van der Waals surface area contributed by atoms with Crippen LogP contribution >= 0.6 is 0 Å². The van der Waals surface area contributed by atoms with E-state index in [0.717, 1.165) is 16.2 Å². The van der Waals surface area contributed by atoms with Crippen LogP contribution < -0.4 is 9.62 Å². The second-order valence-electron chi connectivity index (χ2n) is 7.38. The summed E-state index contributed by atoms with van der Waals surface area (Å²) >= 11 is 0. The van der Waals surface area contributed by atoms with Gasteiger partial charge in [-0.15, -0.1) is 6.58 Å². The molecule has 7 heteroatoms. The van der Waals surface area contributed by atoms with Crippen LogP contribution in [0.15, 0.2) is 90.9 Å². The first-order valence-electron chi connectivity index (χ1n) is 10.6. The van der Waals surface area contributed by atoms with Gasteiger partial charge in [0.15, 0.2) is 0 Å². The number of nitrogens with zero attached hydrogens (tertiary/aromatic N) is 1. The molecular weight excluding hydrogens is 436 g/mol. The maximum Gasteiger partial charge on any atom is 0.257 e. The molecule has 0 aliphatic heterocycles. The predicted octanol–water partition coefficient (Wildman–Crippen LogP) is 4.50. The van der Waals surface area contributed by atoms with Crippen LogP contribution in [0.5, 0.6) is 0 Å². The normalized spacial score (nSPS) is 12.4. The minimum absolute atomic E-state index is 0.00382. The molecule has 0 aliphatic carbocycles. The lowest BCUT2D eigenvalue weighted by Gasteiger charge is -2.26.